The number of nitrogens with one attached hydrogen (secondary N) is 1. The van der Waals surface area contributed by atoms with E-state index < -0.39 is 17.9 Å². The van der Waals surface area contributed by atoms with Crippen LogP contribution in [0.15, 0.2) is 79.0 Å². The predicted molar refractivity (Wildman–Crippen MR) is 163 cm³/mol. The van der Waals surface area contributed by atoms with Crippen LogP contribution < -0.4 is 5.32 Å². The number of nitrogens with zero attached hydrogens (tertiary/aromatic N) is 3. The van der Waals surface area contributed by atoms with Gasteiger partial charge in [-0.2, -0.15) is 5.10 Å². The van der Waals surface area contributed by atoms with Gasteiger partial charge in [-0.15, -0.1) is 0 Å². The van der Waals surface area contributed by atoms with Crippen LogP contribution in [-0.2, 0) is 27.9 Å². The number of aromatic nitrogens is 2. The van der Waals surface area contributed by atoms with Crippen LogP contribution in [0.4, 0.5) is 10.5 Å². The SMILES string of the molecule is Cn1cc(-c2ccc(NC(=O)[C@@H]3COC4(CCCCC4)N3C(=O)OCc3ccccc3)cc2)c(-c2cc(Cl)ccc2O)n1. The Morgan fingerprint density at radius 3 is 2.53 bits per heavy atom. The number of aryl methyl sites for hydroxylation is 1. The molecule has 1 aliphatic heterocycles. The number of benzene rings is 3. The van der Waals surface area contributed by atoms with Crippen molar-refractivity contribution in [1.82, 2.24) is 14.7 Å². The van der Waals surface area contributed by atoms with Crippen molar-refractivity contribution < 1.29 is 24.2 Å². The highest BCUT2D eigenvalue weighted by atomic mass is 35.5. The fourth-order valence-corrected chi connectivity index (χ4v) is 6.15. The molecule has 6 rings (SSSR count). The first kappa shape index (κ1) is 28.8. The molecule has 43 heavy (non-hydrogen) atoms. The quantitative estimate of drug-likeness (QED) is 0.254. The maximum atomic E-state index is 13.6. The van der Waals surface area contributed by atoms with Gasteiger partial charge in [0.25, 0.3) is 0 Å². The average molecular weight is 601 g/mol. The average Bonchev–Trinajstić information content (AvgIpc) is 3.59. The van der Waals surface area contributed by atoms with E-state index in [0.717, 1.165) is 36.0 Å². The van der Waals surface area contributed by atoms with Gasteiger partial charge in [-0.05, 0) is 67.1 Å². The zero-order chi connectivity index (χ0) is 30.0. The molecule has 2 N–H and O–H groups in total. The zero-order valence-corrected chi connectivity index (χ0v) is 24.6. The molecule has 2 aliphatic rings. The highest BCUT2D eigenvalue weighted by molar-refractivity contribution is 6.31. The third-order valence-electron chi connectivity index (χ3n) is 8.11. The van der Waals surface area contributed by atoms with Crippen LogP contribution in [0.5, 0.6) is 5.75 Å². The van der Waals surface area contributed by atoms with Crippen molar-refractivity contribution in [1.29, 1.82) is 0 Å². The lowest BCUT2D eigenvalue weighted by Gasteiger charge is -2.40. The number of phenolic OH excluding ortho intramolecular Hbond substituents is 1. The largest absolute Gasteiger partial charge is 0.507 e. The molecule has 2 amide bonds. The van der Waals surface area contributed by atoms with E-state index in [1.165, 1.54) is 4.90 Å². The van der Waals surface area contributed by atoms with Gasteiger partial charge in [0.05, 0.1) is 6.61 Å². The molecular weight excluding hydrogens is 568 g/mol. The number of anilines is 1. The monoisotopic (exact) mass is 600 g/mol. The summed E-state index contributed by atoms with van der Waals surface area (Å²) in [7, 11) is 1.81. The van der Waals surface area contributed by atoms with Crippen molar-refractivity contribution in [3.63, 3.8) is 0 Å². The fraction of sp³-hybridized carbons (Fsp3) is 0.303. The van der Waals surface area contributed by atoms with Crippen molar-refractivity contribution in [3.05, 3.63) is 89.6 Å². The molecule has 2 fully saturated rings. The molecule has 3 aromatic carbocycles. The van der Waals surface area contributed by atoms with Crippen LogP contribution in [0.3, 0.4) is 0 Å². The molecule has 0 radical (unpaired) electrons. The first-order chi connectivity index (χ1) is 20.8. The summed E-state index contributed by atoms with van der Waals surface area (Å²) in [4.78, 5) is 28.6. The van der Waals surface area contributed by atoms with Crippen LogP contribution in [-0.4, -0.2) is 50.2 Å². The van der Waals surface area contributed by atoms with E-state index in [0.29, 0.717) is 34.8 Å². The lowest BCUT2D eigenvalue weighted by Crippen LogP contribution is -2.55. The topological polar surface area (TPSA) is 106 Å². The second kappa shape index (κ2) is 12.1. The summed E-state index contributed by atoms with van der Waals surface area (Å²) >= 11 is 6.19. The Morgan fingerprint density at radius 1 is 1.05 bits per heavy atom. The minimum atomic E-state index is -0.833. The smallest absolute Gasteiger partial charge is 0.413 e. The summed E-state index contributed by atoms with van der Waals surface area (Å²) in [5.41, 5.74) is 3.37. The van der Waals surface area contributed by atoms with Gasteiger partial charge in [0.15, 0.2) is 0 Å². The summed E-state index contributed by atoms with van der Waals surface area (Å²) in [6.07, 6.45) is 5.55. The summed E-state index contributed by atoms with van der Waals surface area (Å²) < 4.78 is 13.6. The number of aromatic hydroxyl groups is 1. The summed E-state index contributed by atoms with van der Waals surface area (Å²) in [5.74, 6) is -0.257. The van der Waals surface area contributed by atoms with Gasteiger partial charge in [0.1, 0.15) is 29.8 Å². The summed E-state index contributed by atoms with van der Waals surface area (Å²) in [6.45, 7) is 0.220. The molecule has 1 spiro atoms. The molecule has 222 valence electrons. The van der Waals surface area contributed by atoms with Crippen LogP contribution in [0, 0.1) is 0 Å². The van der Waals surface area contributed by atoms with Crippen molar-refractivity contribution in [3.8, 4) is 28.1 Å². The lowest BCUT2D eigenvalue weighted by molar-refractivity contribution is -0.124. The van der Waals surface area contributed by atoms with Crippen molar-refractivity contribution in [2.24, 2.45) is 7.05 Å². The molecule has 1 aliphatic carbocycles. The summed E-state index contributed by atoms with van der Waals surface area (Å²) in [6, 6.07) is 20.8. The molecular formula is C33H33ClN4O5. The number of carbonyl (C=O) groups excluding carboxylic acids is 2. The second-order valence-corrected chi connectivity index (χ2v) is 11.5. The van der Waals surface area contributed by atoms with Gasteiger partial charge in [0, 0.05) is 35.1 Å². The first-order valence-corrected chi connectivity index (χ1v) is 14.8. The van der Waals surface area contributed by atoms with E-state index in [1.54, 1.807) is 35.0 Å². The second-order valence-electron chi connectivity index (χ2n) is 11.0. The highest BCUT2D eigenvalue weighted by Crippen LogP contribution is 2.41. The van der Waals surface area contributed by atoms with E-state index in [1.807, 2.05) is 55.7 Å². The van der Waals surface area contributed by atoms with Gasteiger partial charge >= 0.3 is 6.09 Å². The number of amides is 2. The molecule has 1 saturated heterocycles. The third kappa shape index (κ3) is 5.96. The fourth-order valence-electron chi connectivity index (χ4n) is 5.98. The van der Waals surface area contributed by atoms with Gasteiger partial charge in [-0.1, -0.05) is 60.5 Å². The summed E-state index contributed by atoms with van der Waals surface area (Å²) in [5, 5.41) is 18.5. The first-order valence-electron chi connectivity index (χ1n) is 14.4. The third-order valence-corrected chi connectivity index (χ3v) is 8.34. The van der Waals surface area contributed by atoms with E-state index in [4.69, 9.17) is 21.1 Å². The molecule has 0 unspecified atom stereocenters. The van der Waals surface area contributed by atoms with E-state index >= 15 is 0 Å². The minimum Gasteiger partial charge on any atom is -0.507 e. The Bertz CT molecular complexity index is 1620. The normalized spacial score (nSPS) is 17.6. The van der Waals surface area contributed by atoms with Crippen LogP contribution in [0.1, 0.15) is 37.7 Å². The Hall–Kier alpha value is -4.34. The number of phenols is 1. The molecule has 1 atom stereocenters. The molecule has 1 aromatic heterocycles. The predicted octanol–water partition coefficient (Wildman–Crippen LogP) is 6.75. The Balaban J connectivity index is 1.20. The number of halogens is 1. The van der Waals surface area contributed by atoms with Gasteiger partial charge < -0.3 is 19.9 Å². The maximum absolute atomic E-state index is 13.6. The van der Waals surface area contributed by atoms with Crippen molar-refractivity contribution in [2.75, 3.05) is 11.9 Å². The molecule has 10 heteroatoms. The molecule has 0 bridgehead atoms. The lowest BCUT2D eigenvalue weighted by atomic mass is 9.90. The number of carbonyl (C=O) groups is 2. The Morgan fingerprint density at radius 2 is 1.79 bits per heavy atom. The van der Waals surface area contributed by atoms with Gasteiger partial charge in [-0.25, -0.2) is 4.79 Å². The van der Waals surface area contributed by atoms with Gasteiger partial charge in [-0.3, -0.25) is 14.4 Å². The molecule has 4 aromatic rings. The minimum absolute atomic E-state index is 0.0783. The number of hydrogen-bond acceptors (Lipinski definition) is 6. The van der Waals surface area contributed by atoms with Crippen LogP contribution >= 0.6 is 11.6 Å². The standard InChI is InChI=1S/C33H33ClN4O5/c1-37-19-27(30(36-37)26-18-24(34)12-15-29(26)39)23-10-13-25(14-11-23)35-31(40)28-21-43-33(16-6-3-7-17-33)38(28)32(41)42-20-22-8-4-2-5-9-22/h2,4-5,8-15,18-19,28,39H,3,6-7,16-17,20-21H2,1H3,(H,35,40)/t28-/m0/s1. The number of rotatable bonds is 6. The van der Waals surface area contributed by atoms with Crippen molar-refractivity contribution >= 4 is 29.3 Å². The molecule has 9 nitrogen and oxygen atoms in total. The maximum Gasteiger partial charge on any atom is 0.413 e. The highest BCUT2D eigenvalue weighted by Gasteiger charge is 2.53. The number of hydrogen-bond donors (Lipinski definition) is 2. The molecule has 1 saturated carbocycles. The van der Waals surface area contributed by atoms with E-state index in [9.17, 15) is 14.7 Å². The van der Waals surface area contributed by atoms with E-state index in [-0.39, 0.29) is 24.9 Å². The Labute approximate surface area is 255 Å². The van der Waals surface area contributed by atoms with Gasteiger partial charge in [0.2, 0.25) is 5.91 Å². The zero-order valence-electron chi connectivity index (χ0n) is 23.8. The van der Waals surface area contributed by atoms with Crippen LogP contribution in [0.25, 0.3) is 22.4 Å². The Kier molecular flexibility index (Phi) is 8.10. The van der Waals surface area contributed by atoms with Crippen LogP contribution in [0.2, 0.25) is 5.02 Å². The molecule has 2 heterocycles. The van der Waals surface area contributed by atoms with Crippen molar-refractivity contribution in [2.45, 2.75) is 50.5 Å². The number of ether oxygens (including phenoxy) is 2. The van der Waals surface area contributed by atoms with E-state index in [2.05, 4.69) is 10.4 Å².